The lowest BCUT2D eigenvalue weighted by Crippen LogP contribution is -2.62. The highest BCUT2D eigenvalue weighted by Crippen LogP contribution is 2.54. The van der Waals surface area contributed by atoms with Gasteiger partial charge in [-0.25, -0.2) is 4.39 Å². The van der Waals surface area contributed by atoms with Crippen molar-refractivity contribution < 1.29 is 36.6 Å². The molecule has 1 aliphatic carbocycles. The first-order valence-electron chi connectivity index (χ1n) is 18.8. The fraction of sp³-hybridized carbons (Fsp3) is 0.538. The van der Waals surface area contributed by atoms with E-state index in [2.05, 4.69) is 33.6 Å². The monoisotopic (exact) mass is 768 g/mol. The van der Waals surface area contributed by atoms with E-state index < -0.39 is 24.5 Å². The number of nitrogens with one attached hydrogen (secondary N) is 1. The Kier molecular flexibility index (Phi) is 10.8. The molecule has 0 atom stereocenters. The zero-order chi connectivity index (χ0) is 39.1. The Bertz CT molecular complexity index is 1950. The predicted octanol–water partition coefficient (Wildman–Crippen LogP) is 6.44. The van der Waals surface area contributed by atoms with E-state index in [-0.39, 0.29) is 34.7 Å². The van der Waals surface area contributed by atoms with E-state index >= 15 is 0 Å². The van der Waals surface area contributed by atoms with Crippen LogP contribution in [-0.2, 0) is 9.53 Å². The van der Waals surface area contributed by atoms with E-state index in [1.807, 2.05) is 19.1 Å². The standard InChI is InChI=1S/C39H48F4N8O4/c1-23-5-8-29(48-45-3)32(44)30(23)31-27(25-6-7-25)19-28-33(34(31)54-22-39(41,42)43)46-37(55-26-9-13-49(14-10-26)17-18-53-4)47-35(28)50-15-11-38(12-16-50)20-51(21-38)36(52)24(2)40/h5,8,19,25-26,48H,2-3,6-7,9-18,20-22,44H2,1,4H3. The summed E-state index contributed by atoms with van der Waals surface area (Å²) in [5.74, 6) is -1.10. The van der Waals surface area contributed by atoms with Crippen LogP contribution in [0.1, 0.15) is 55.6 Å². The number of anilines is 3. The second-order valence-electron chi connectivity index (χ2n) is 15.3. The van der Waals surface area contributed by atoms with Crippen LogP contribution in [0.15, 0.2) is 35.7 Å². The van der Waals surface area contributed by atoms with Gasteiger partial charge < -0.3 is 34.6 Å². The largest absolute Gasteiger partial charge is 0.481 e. The Morgan fingerprint density at radius 1 is 1.09 bits per heavy atom. The van der Waals surface area contributed by atoms with Crippen molar-refractivity contribution in [2.75, 3.05) is 82.2 Å². The van der Waals surface area contributed by atoms with Crippen LogP contribution in [0.4, 0.5) is 34.8 Å². The molecule has 1 aromatic heterocycles. The molecule has 4 fully saturated rings. The third kappa shape index (κ3) is 8.15. The van der Waals surface area contributed by atoms with Gasteiger partial charge >= 0.3 is 12.2 Å². The molecule has 0 unspecified atom stereocenters. The summed E-state index contributed by atoms with van der Waals surface area (Å²) < 4.78 is 73.4. The lowest BCUT2D eigenvalue weighted by atomic mass is 9.72. The van der Waals surface area contributed by atoms with Crippen molar-refractivity contribution in [1.82, 2.24) is 19.8 Å². The first-order chi connectivity index (χ1) is 26.3. The van der Waals surface area contributed by atoms with Crippen molar-refractivity contribution in [2.24, 2.45) is 10.5 Å². The van der Waals surface area contributed by atoms with Gasteiger partial charge in [0.25, 0.3) is 5.91 Å². The van der Waals surface area contributed by atoms with Gasteiger partial charge in [0.15, 0.2) is 18.2 Å². The SMILES string of the molecule is C=NNc1ccc(C)c(-c2c(C3CC3)cc3c(N4CCC5(CC4)CN(C(=O)C(=C)F)C5)nc(OC4CCN(CCOC)CC4)nc3c2OCC(F)(F)F)c1N. The number of rotatable bonds is 13. The zero-order valence-corrected chi connectivity index (χ0v) is 31.3. The number of fused-ring (bicyclic) bond motifs is 1. The number of hydrogen-bond donors (Lipinski definition) is 2. The number of aryl methyl sites for hydroxylation is 1. The summed E-state index contributed by atoms with van der Waals surface area (Å²) in [6.45, 7) is 11.9. The minimum Gasteiger partial charge on any atom is -0.481 e. The van der Waals surface area contributed by atoms with E-state index in [1.165, 1.54) is 4.90 Å². The van der Waals surface area contributed by atoms with Crippen molar-refractivity contribution in [3.05, 3.63) is 41.7 Å². The van der Waals surface area contributed by atoms with Crippen molar-refractivity contribution in [3.63, 3.8) is 0 Å². The Labute approximate surface area is 317 Å². The lowest BCUT2D eigenvalue weighted by molar-refractivity contribution is -0.153. The van der Waals surface area contributed by atoms with E-state index in [1.54, 1.807) is 13.2 Å². The summed E-state index contributed by atoms with van der Waals surface area (Å²) in [6.07, 6.45) is -0.341. The highest BCUT2D eigenvalue weighted by molar-refractivity contribution is 6.03. The van der Waals surface area contributed by atoms with E-state index in [0.717, 1.165) is 43.6 Å². The Balaban J connectivity index is 1.34. The molecule has 55 heavy (non-hydrogen) atoms. The van der Waals surface area contributed by atoms with E-state index in [4.69, 9.17) is 29.9 Å². The van der Waals surface area contributed by atoms with Crippen LogP contribution in [-0.4, -0.2) is 111 Å². The third-order valence-corrected chi connectivity index (χ3v) is 11.4. The van der Waals surface area contributed by atoms with Crippen LogP contribution in [0.2, 0.25) is 0 Å². The maximum Gasteiger partial charge on any atom is 0.422 e. The summed E-state index contributed by atoms with van der Waals surface area (Å²) in [6, 6.07) is 5.62. The molecular weight excluding hydrogens is 720 g/mol. The van der Waals surface area contributed by atoms with Crippen molar-refractivity contribution in [1.29, 1.82) is 0 Å². The number of hydrazone groups is 1. The number of amides is 1. The molecule has 3 aliphatic heterocycles. The van der Waals surface area contributed by atoms with Crippen LogP contribution in [0.3, 0.4) is 0 Å². The number of carbonyl (C=O) groups excluding carboxylic acids is 1. The second kappa shape index (κ2) is 15.4. The minimum atomic E-state index is -4.64. The van der Waals surface area contributed by atoms with Gasteiger partial charge in [0.05, 0.1) is 18.0 Å². The van der Waals surface area contributed by atoms with Gasteiger partial charge in [-0.1, -0.05) is 12.6 Å². The molecule has 3 aromatic rings. The topological polar surface area (TPSA) is 131 Å². The molecule has 1 amide bonds. The van der Waals surface area contributed by atoms with E-state index in [0.29, 0.717) is 92.2 Å². The summed E-state index contributed by atoms with van der Waals surface area (Å²) in [4.78, 5) is 27.9. The smallest absolute Gasteiger partial charge is 0.422 e. The van der Waals surface area contributed by atoms with Crippen molar-refractivity contribution in [3.8, 4) is 22.9 Å². The number of nitrogens with two attached hydrogens (primary N) is 1. The number of nitrogen functional groups attached to an aromatic ring is 1. The number of carbonyl (C=O) groups is 1. The normalized spacial score (nSPS) is 19.0. The van der Waals surface area contributed by atoms with Crippen LogP contribution < -0.4 is 25.5 Å². The molecule has 0 radical (unpaired) electrons. The third-order valence-electron chi connectivity index (χ3n) is 11.4. The Morgan fingerprint density at radius 2 is 1.80 bits per heavy atom. The molecule has 1 saturated carbocycles. The molecule has 296 valence electrons. The first-order valence-corrected chi connectivity index (χ1v) is 18.8. The molecular formula is C39H48F4N8O4. The summed E-state index contributed by atoms with van der Waals surface area (Å²) in [5.41, 5.74) is 12.9. The molecule has 4 heterocycles. The lowest BCUT2D eigenvalue weighted by Gasteiger charge is -2.54. The number of alkyl halides is 3. The van der Waals surface area contributed by atoms with Crippen LogP contribution in [0.25, 0.3) is 22.0 Å². The molecule has 3 N–H and O–H groups in total. The number of nitrogens with zero attached hydrogens (tertiary/aromatic N) is 6. The second-order valence-corrected chi connectivity index (χ2v) is 15.3. The summed E-state index contributed by atoms with van der Waals surface area (Å²) >= 11 is 0. The van der Waals surface area contributed by atoms with Crippen LogP contribution >= 0.6 is 0 Å². The van der Waals surface area contributed by atoms with Crippen molar-refractivity contribution >= 4 is 40.7 Å². The Morgan fingerprint density at radius 3 is 2.42 bits per heavy atom. The predicted molar refractivity (Wildman–Crippen MR) is 203 cm³/mol. The maximum atomic E-state index is 14.1. The molecule has 12 nitrogen and oxygen atoms in total. The average molecular weight is 769 g/mol. The summed E-state index contributed by atoms with van der Waals surface area (Å²) in [5, 5.41) is 4.33. The van der Waals surface area contributed by atoms with Gasteiger partial charge in [-0.15, -0.1) is 0 Å². The number of benzene rings is 2. The van der Waals surface area contributed by atoms with Gasteiger partial charge in [-0.3, -0.25) is 10.2 Å². The molecule has 16 heteroatoms. The minimum absolute atomic E-state index is 0.0359. The van der Waals surface area contributed by atoms with E-state index in [9.17, 15) is 22.4 Å². The molecule has 0 bridgehead atoms. The fourth-order valence-electron chi connectivity index (χ4n) is 8.23. The maximum absolute atomic E-state index is 14.1. The van der Waals surface area contributed by atoms with Gasteiger partial charge in [0.2, 0.25) is 0 Å². The fourth-order valence-corrected chi connectivity index (χ4v) is 8.23. The molecule has 3 saturated heterocycles. The number of hydrogen-bond acceptors (Lipinski definition) is 11. The quantitative estimate of drug-likeness (QED) is 0.0660. The number of ether oxygens (including phenoxy) is 3. The first kappa shape index (κ1) is 38.6. The van der Waals surface area contributed by atoms with Gasteiger partial charge in [0, 0.05) is 81.6 Å². The highest BCUT2D eigenvalue weighted by atomic mass is 19.4. The number of aromatic nitrogens is 2. The molecule has 7 rings (SSSR count). The van der Waals surface area contributed by atoms with Gasteiger partial charge in [-0.2, -0.15) is 28.2 Å². The van der Waals surface area contributed by atoms with Crippen LogP contribution in [0, 0.1) is 12.3 Å². The number of piperidine rings is 2. The van der Waals surface area contributed by atoms with Gasteiger partial charge in [-0.05, 0) is 74.6 Å². The molecule has 2 aromatic carbocycles. The zero-order valence-electron chi connectivity index (χ0n) is 31.3. The van der Waals surface area contributed by atoms with Gasteiger partial charge in [0.1, 0.15) is 17.4 Å². The average Bonchev–Trinajstić information content (AvgIpc) is 3.99. The highest BCUT2D eigenvalue weighted by Gasteiger charge is 2.47. The molecule has 4 aliphatic rings. The number of methoxy groups -OCH3 is 1. The number of likely N-dealkylation sites (tertiary alicyclic amines) is 2. The Hall–Kier alpha value is -4.70. The van der Waals surface area contributed by atoms with Crippen molar-refractivity contribution in [2.45, 2.75) is 63.6 Å². The van der Waals surface area contributed by atoms with Crippen LogP contribution in [0.5, 0.6) is 11.8 Å². The molecule has 1 spiro atoms. The summed E-state index contributed by atoms with van der Waals surface area (Å²) in [7, 11) is 1.67. The number of halogens is 4.